The molecule has 0 aromatic rings. The quantitative estimate of drug-likeness (QED) is 0.190. The van der Waals surface area contributed by atoms with Crippen LogP contribution in [0.4, 0.5) is 0 Å². The maximum Gasteiger partial charge on any atom is 0.238 e. The van der Waals surface area contributed by atoms with Crippen LogP contribution in [0.3, 0.4) is 0 Å². The second kappa shape index (κ2) is 6.89. The van der Waals surface area contributed by atoms with Gasteiger partial charge in [0, 0.05) is 12.8 Å². The molecule has 0 aromatic heterocycles. The van der Waals surface area contributed by atoms with Crippen molar-refractivity contribution >= 4 is 53.1 Å². The number of hydrogen-bond donors (Lipinski definition) is 0. The Kier molecular flexibility index (Phi) is 6.32. The minimum atomic E-state index is -1.37. The Bertz CT molecular complexity index is 335. The molecular formula is C13H23ClINO2Si. The van der Waals surface area contributed by atoms with Gasteiger partial charge in [0.15, 0.2) is 7.38 Å². The minimum Gasteiger partial charge on any atom is -0.274 e. The number of amides is 2. The molecule has 0 saturated carbocycles. The summed E-state index contributed by atoms with van der Waals surface area (Å²) in [5, 5.41) is 0.412. The number of carbonyl (C=O) groups excluding carboxylic acids is 2. The second-order valence-corrected chi connectivity index (χ2v) is 13.9. The molecule has 0 atom stereocenters. The second-order valence-electron chi connectivity index (χ2n) is 6.34. The van der Waals surface area contributed by atoms with Crippen molar-refractivity contribution in [2.24, 2.45) is 0 Å². The van der Waals surface area contributed by atoms with Gasteiger partial charge in [0.1, 0.15) is 0 Å². The van der Waals surface area contributed by atoms with Crippen LogP contribution in [0.15, 0.2) is 0 Å². The molecule has 0 aliphatic carbocycles. The number of nitrogens with zero attached hydrogens (tertiary/aromatic N) is 1. The molecule has 2 saturated heterocycles. The van der Waals surface area contributed by atoms with E-state index >= 15 is 0 Å². The molecule has 0 bridgehead atoms. The first-order valence-electron chi connectivity index (χ1n) is 6.88. The molecule has 3 nitrogen and oxygen atoms in total. The number of carbonyl (C=O) groups is 2. The molecule has 110 valence electrons. The number of hydrogen-bond acceptors (Lipinski definition) is 2. The summed E-state index contributed by atoms with van der Waals surface area (Å²) in [5.41, 5.74) is 0. The van der Waals surface area contributed by atoms with E-state index < -0.39 is 7.38 Å². The molecule has 2 aliphatic heterocycles. The third-order valence-electron chi connectivity index (χ3n) is 3.98. The standard InChI is InChI=1S/C9H19ClSi.C4H4INO2/c1-9(2,3)11(10)7-5-4-6-8-11;5-6-3(7)1-2-4(6)8/h4-8H2,1-3H3;1-2H2. The largest absolute Gasteiger partial charge is 0.274 e. The summed E-state index contributed by atoms with van der Waals surface area (Å²) in [7, 11) is -1.37. The topological polar surface area (TPSA) is 37.4 Å². The first-order chi connectivity index (χ1) is 8.67. The summed E-state index contributed by atoms with van der Waals surface area (Å²) in [5.74, 6) is -0.147. The van der Waals surface area contributed by atoms with Crippen LogP contribution < -0.4 is 0 Å². The fourth-order valence-corrected chi connectivity index (χ4v) is 7.07. The summed E-state index contributed by atoms with van der Waals surface area (Å²) in [6.45, 7) is 6.95. The van der Waals surface area contributed by atoms with Gasteiger partial charge in [0.25, 0.3) is 0 Å². The van der Waals surface area contributed by atoms with E-state index in [2.05, 4.69) is 20.8 Å². The van der Waals surface area contributed by atoms with Crippen molar-refractivity contribution in [3.8, 4) is 0 Å². The molecule has 0 spiro atoms. The van der Waals surface area contributed by atoms with E-state index in [1.165, 1.54) is 31.4 Å². The van der Waals surface area contributed by atoms with Crippen molar-refractivity contribution in [1.29, 1.82) is 0 Å². The van der Waals surface area contributed by atoms with Crippen LogP contribution in [-0.4, -0.2) is 22.3 Å². The molecule has 0 radical (unpaired) electrons. The monoisotopic (exact) mass is 415 g/mol. The van der Waals surface area contributed by atoms with Gasteiger partial charge in [-0.05, 0) is 17.1 Å². The van der Waals surface area contributed by atoms with E-state index in [-0.39, 0.29) is 11.8 Å². The molecule has 6 heteroatoms. The third kappa shape index (κ3) is 4.70. The van der Waals surface area contributed by atoms with Crippen LogP contribution in [0.2, 0.25) is 17.1 Å². The molecule has 19 heavy (non-hydrogen) atoms. The lowest BCUT2D eigenvalue weighted by Crippen LogP contribution is -2.39. The lowest BCUT2D eigenvalue weighted by atomic mass is 10.2. The van der Waals surface area contributed by atoms with Crippen molar-refractivity contribution < 1.29 is 9.59 Å². The van der Waals surface area contributed by atoms with Crippen LogP contribution in [0.25, 0.3) is 0 Å². The van der Waals surface area contributed by atoms with Crippen molar-refractivity contribution in [1.82, 2.24) is 3.11 Å². The van der Waals surface area contributed by atoms with E-state index in [1.807, 2.05) is 0 Å². The maximum absolute atomic E-state index is 10.5. The molecule has 2 fully saturated rings. The van der Waals surface area contributed by atoms with Crippen molar-refractivity contribution in [2.45, 2.75) is 70.0 Å². The van der Waals surface area contributed by atoms with Gasteiger partial charge in [-0.25, -0.2) is 3.11 Å². The van der Waals surface area contributed by atoms with E-state index in [9.17, 15) is 9.59 Å². The average molecular weight is 416 g/mol. The van der Waals surface area contributed by atoms with Gasteiger partial charge in [0.2, 0.25) is 11.8 Å². The zero-order chi connectivity index (χ0) is 14.7. The van der Waals surface area contributed by atoms with Crippen LogP contribution in [-0.2, 0) is 9.59 Å². The summed E-state index contributed by atoms with van der Waals surface area (Å²) in [6.07, 6.45) is 4.96. The van der Waals surface area contributed by atoms with Crippen LogP contribution in [0, 0.1) is 0 Å². The third-order valence-corrected chi connectivity index (χ3v) is 12.9. The fourth-order valence-electron chi connectivity index (χ4n) is 2.41. The van der Waals surface area contributed by atoms with E-state index in [1.54, 1.807) is 22.9 Å². The first kappa shape index (κ1) is 17.4. The Morgan fingerprint density at radius 2 is 1.47 bits per heavy atom. The van der Waals surface area contributed by atoms with Crippen molar-refractivity contribution in [3.63, 3.8) is 0 Å². The Labute approximate surface area is 135 Å². The van der Waals surface area contributed by atoms with Crippen LogP contribution in [0.5, 0.6) is 0 Å². The fraction of sp³-hybridized carbons (Fsp3) is 0.846. The summed E-state index contributed by atoms with van der Waals surface area (Å²) < 4.78 is 1.14. The predicted octanol–water partition coefficient (Wildman–Crippen LogP) is 4.64. The highest BCUT2D eigenvalue weighted by Gasteiger charge is 2.43. The normalized spacial score (nSPS) is 23.1. The Hall–Kier alpha value is 0.377. The highest BCUT2D eigenvalue weighted by atomic mass is 127. The highest BCUT2D eigenvalue weighted by Crippen LogP contribution is 2.48. The Balaban J connectivity index is 0.000000200. The molecule has 0 N–H and O–H groups in total. The lowest BCUT2D eigenvalue weighted by Gasteiger charge is -2.40. The lowest BCUT2D eigenvalue weighted by molar-refractivity contribution is -0.130. The average Bonchev–Trinajstić information content (AvgIpc) is 2.61. The van der Waals surface area contributed by atoms with Gasteiger partial charge in [-0.15, -0.1) is 0 Å². The molecular weight excluding hydrogens is 393 g/mol. The van der Waals surface area contributed by atoms with Gasteiger partial charge in [0.05, 0.1) is 22.9 Å². The summed E-state index contributed by atoms with van der Waals surface area (Å²) in [4.78, 5) is 21.0. The smallest absolute Gasteiger partial charge is 0.238 e. The molecule has 2 rings (SSSR count). The molecule has 2 amide bonds. The zero-order valence-corrected chi connectivity index (χ0v) is 15.9. The van der Waals surface area contributed by atoms with Gasteiger partial charge in [-0.2, -0.15) is 11.1 Å². The van der Waals surface area contributed by atoms with E-state index in [0.29, 0.717) is 17.9 Å². The summed E-state index contributed by atoms with van der Waals surface area (Å²) >= 11 is 8.41. The van der Waals surface area contributed by atoms with Gasteiger partial charge in [-0.1, -0.05) is 40.0 Å². The van der Waals surface area contributed by atoms with E-state index in [0.717, 1.165) is 3.11 Å². The van der Waals surface area contributed by atoms with Crippen LogP contribution >= 0.6 is 33.9 Å². The molecule has 0 unspecified atom stereocenters. The number of halogens is 2. The van der Waals surface area contributed by atoms with Crippen molar-refractivity contribution in [3.05, 3.63) is 0 Å². The number of rotatable bonds is 0. The highest BCUT2D eigenvalue weighted by molar-refractivity contribution is 14.1. The number of imide groups is 1. The molecule has 2 aliphatic rings. The summed E-state index contributed by atoms with van der Waals surface area (Å²) in [6, 6.07) is 2.69. The predicted molar refractivity (Wildman–Crippen MR) is 89.9 cm³/mol. The Morgan fingerprint density at radius 3 is 1.68 bits per heavy atom. The SMILES string of the molecule is CC(C)(C)[Si]1(Cl)CCCCC1.O=C1CCC(=O)N1I. The molecule has 0 aromatic carbocycles. The van der Waals surface area contributed by atoms with Gasteiger partial charge >= 0.3 is 0 Å². The van der Waals surface area contributed by atoms with Crippen LogP contribution in [0.1, 0.15) is 52.9 Å². The Morgan fingerprint density at radius 1 is 1.05 bits per heavy atom. The van der Waals surface area contributed by atoms with Gasteiger partial charge in [-0.3, -0.25) is 9.59 Å². The van der Waals surface area contributed by atoms with E-state index in [4.69, 9.17) is 11.1 Å². The minimum absolute atomic E-state index is 0.0735. The zero-order valence-electron chi connectivity index (χ0n) is 12.0. The maximum atomic E-state index is 10.5. The van der Waals surface area contributed by atoms with Gasteiger partial charge < -0.3 is 0 Å². The molecule has 2 heterocycles. The van der Waals surface area contributed by atoms with Crippen molar-refractivity contribution in [2.75, 3.05) is 0 Å². The first-order valence-corrected chi connectivity index (χ1v) is 11.3.